The lowest BCUT2D eigenvalue weighted by Gasteiger charge is -2.38. The van der Waals surface area contributed by atoms with Gasteiger partial charge >= 0.3 is 0 Å². The van der Waals surface area contributed by atoms with Crippen LogP contribution in [0.5, 0.6) is 0 Å². The standard InChI is InChI=1S/C14H16N4O/c15-14(6-3-7-14)9-17-13(19)12-8-16-10-4-1-2-5-11(10)18-12/h1-2,4-5,8H,3,6-7,9,15H2,(H,17,19). The van der Waals surface area contributed by atoms with Crippen LogP contribution in [0.3, 0.4) is 0 Å². The van der Waals surface area contributed by atoms with E-state index in [2.05, 4.69) is 15.3 Å². The van der Waals surface area contributed by atoms with Gasteiger partial charge in [-0.3, -0.25) is 9.78 Å². The van der Waals surface area contributed by atoms with Gasteiger partial charge in [0.2, 0.25) is 0 Å². The van der Waals surface area contributed by atoms with Crippen LogP contribution in [0.15, 0.2) is 30.5 Å². The number of rotatable bonds is 3. The molecule has 19 heavy (non-hydrogen) atoms. The Hall–Kier alpha value is -2.01. The molecule has 1 aromatic heterocycles. The van der Waals surface area contributed by atoms with Gasteiger partial charge in [0.05, 0.1) is 17.2 Å². The zero-order valence-corrected chi connectivity index (χ0v) is 10.6. The van der Waals surface area contributed by atoms with Crippen LogP contribution in [-0.2, 0) is 0 Å². The van der Waals surface area contributed by atoms with Crippen molar-refractivity contribution in [1.29, 1.82) is 0 Å². The molecule has 1 aliphatic rings. The van der Waals surface area contributed by atoms with Gasteiger partial charge in [0.1, 0.15) is 5.69 Å². The van der Waals surface area contributed by atoms with Crippen LogP contribution in [0.25, 0.3) is 11.0 Å². The molecular weight excluding hydrogens is 240 g/mol. The number of benzene rings is 1. The van der Waals surface area contributed by atoms with Crippen LogP contribution in [0, 0.1) is 0 Å². The van der Waals surface area contributed by atoms with Crippen LogP contribution < -0.4 is 11.1 Å². The Balaban J connectivity index is 1.74. The number of nitrogens with one attached hydrogen (secondary N) is 1. The third kappa shape index (κ3) is 2.42. The quantitative estimate of drug-likeness (QED) is 0.865. The summed E-state index contributed by atoms with van der Waals surface area (Å²) in [5.74, 6) is -0.213. The molecule has 0 bridgehead atoms. The second kappa shape index (κ2) is 4.59. The largest absolute Gasteiger partial charge is 0.349 e. The van der Waals surface area contributed by atoms with Gasteiger partial charge in [0.15, 0.2) is 0 Å². The lowest BCUT2D eigenvalue weighted by atomic mass is 9.78. The van der Waals surface area contributed by atoms with Crippen molar-refractivity contribution in [3.05, 3.63) is 36.2 Å². The zero-order valence-electron chi connectivity index (χ0n) is 10.6. The second-order valence-electron chi connectivity index (χ2n) is 5.14. The first-order valence-corrected chi connectivity index (χ1v) is 6.45. The van der Waals surface area contributed by atoms with Crippen LogP contribution in [0.4, 0.5) is 0 Å². The van der Waals surface area contributed by atoms with Crippen LogP contribution >= 0.6 is 0 Å². The van der Waals surface area contributed by atoms with Gasteiger partial charge < -0.3 is 11.1 Å². The second-order valence-corrected chi connectivity index (χ2v) is 5.14. The van der Waals surface area contributed by atoms with Gasteiger partial charge in [-0.15, -0.1) is 0 Å². The van der Waals surface area contributed by atoms with Crippen molar-refractivity contribution in [2.75, 3.05) is 6.54 Å². The fraction of sp³-hybridized carbons (Fsp3) is 0.357. The number of hydrogen-bond acceptors (Lipinski definition) is 4. The lowest BCUT2D eigenvalue weighted by molar-refractivity contribution is 0.0925. The van der Waals surface area contributed by atoms with Crippen molar-refractivity contribution < 1.29 is 4.79 Å². The Morgan fingerprint density at radius 3 is 2.74 bits per heavy atom. The first-order chi connectivity index (χ1) is 9.16. The summed E-state index contributed by atoms with van der Waals surface area (Å²) in [6.45, 7) is 0.500. The maximum atomic E-state index is 12.0. The minimum atomic E-state index is -0.222. The third-order valence-corrected chi connectivity index (χ3v) is 3.63. The van der Waals surface area contributed by atoms with Crippen molar-refractivity contribution >= 4 is 16.9 Å². The van der Waals surface area contributed by atoms with E-state index in [0.717, 1.165) is 30.3 Å². The Morgan fingerprint density at radius 2 is 2.05 bits per heavy atom. The number of hydrogen-bond donors (Lipinski definition) is 2. The van der Waals surface area contributed by atoms with Crippen LogP contribution in [0.1, 0.15) is 29.8 Å². The highest BCUT2D eigenvalue weighted by atomic mass is 16.1. The number of carbonyl (C=O) groups is 1. The van der Waals surface area contributed by atoms with Crippen LogP contribution in [-0.4, -0.2) is 28.0 Å². The summed E-state index contributed by atoms with van der Waals surface area (Å²) in [4.78, 5) is 20.5. The van der Waals surface area contributed by atoms with Gasteiger partial charge in [-0.2, -0.15) is 0 Å². The molecule has 1 saturated carbocycles. The van der Waals surface area contributed by atoms with Gasteiger partial charge in [0.25, 0.3) is 5.91 Å². The number of para-hydroxylation sites is 2. The molecule has 5 nitrogen and oxygen atoms in total. The molecule has 98 valence electrons. The fourth-order valence-corrected chi connectivity index (χ4v) is 2.22. The molecule has 0 aliphatic heterocycles. The Morgan fingerprint density at radius 1 is 1.32 bits per heavy atom. The van der Waals surface area contributed by atoms with E-state index in [1.165, 1.54) is 6.20 Å². The first-order valence-electron chi connectivity index (χ1n) is 6.45. The van der Waals surface area contributed by atoms with E-state index in [1.807, 2.05) is 24.3 Å². The topological polar surface area (TPSA) is 80.9 Å². The van der Waals surface area contributed by atoms with Gasteiger partial charge in [-0.25, -0.2) is 4.98 Å². The molecule has 0 radical (unpaired) electrons. The summed E-state index contributed by atoms with van der Waals surface area (Å²) in [6.07, 6.45) is 4.58. The van der Waals surface area contributed by atoms with Gasteiger partial charge in [-0.05, 0) is 31.4 Å². The van der Waals surface area contributed by atoms with Crippen LogP contribution in [0.2, 0.25) is 0 Å². The van der Waals surface area contributed by atoms with Crippen molar-refractivity contribution in [2.24, 2.45) is 5.73 Å². The van der Waals surface area contributed by atoms with Gasteiger partial charge in [0, 0.05) is 12.1 Å². The Labute approximate surface area is 111 Å². The van der Waals surface area contributed by atoms with Crippen molar-refractivity contribution in [1.82, 2.24) is 15.3 Å². The molecule has 1 amide bonds. The van der Waals surface area contributed by atoms with E-state index < -0.39 is 0 Å². The number of amides is 1. The van der Waals surface area contributed by atoms with E-state index >= 15 is 0 Å². The molecular formula is C14H16N4O. The minimum Gasteiger partial charge on any atom is -0.349 e. The molecule has 2 aromatic rings. The average molecular weight is 256 g/mol. The number of fused-ring (bicyclic) bond motifs is 1. The van der Waals surface area contributed by atoms with E-state index in [-0.39, 0.29) is 11.4 Å². The minimum absolute atomic E-state index is 0.213. The summed E-state index contributed by atoms with van der Waals surface area (Å²) < 4.78 is 0. The molecule has 0 spiro atoms. The third-order valence-electron chi connectivity index (χ3n) is 3.63. The predicted octanol–water partition coefficient (Wildman–Crippen LogP) is 1.24. The fourth-order valence-electron chi connectivity index (χ4n) is 2.22. The molecule has 3 rings (SSSR count). The maximum Gasteiger partial charge on any atom is 0.271 e. The van der Waals surface area contributed by atoms with Crippen molar-refractivity contribution in [3.8, 4) is 0 Å². The van der Waals surface area contributed by atoms with E-state index in [4.69, 9.17) is 5.73 Å². The first kappa shape index (κ1) is 12.0. The summed E-state index contributed by atoms with van der Waals surface area (Å²) in [7, 11) is 0. The van der Waals surface area contributed by atoms with Crippen molar-refractivity contribution in [2.45, 2.75) is 24.8 Å². The molecule has 1 aliphatic carbocycles. The van der Waals surface area contributed by atoms with Crippen molar-refractivity contribution in [3.63, 3.8) is 0 Å². The number of aromatic nitrogens is 2. The Bertz CT molecular complexity index is 622. The molecule has 0 unspecified atom stereocenters. The molecule has 0 saturated heterocycles. The highest BCUT2D eigenvalue weighted by Crippen LogP contribution is 2.28. The predicted molar refractivity (Wildman–Crippen MR) is 72.6 cm³/mol. The van der Waals surface area contributed by atoms with E-state index in [0.29, 0.717) is 12.2 Å². The molecule has 1 heterocycles. The highest BCUT2D eigenvalue weighted by molar-refractivity contribution is 5.93. The summed E-state index contributed by atoms with van der Waals surface area (Å²) >= 11 is 0. The molecule has 1 aromatic carbocycles. The summed E-state index contributed by atoms with van der Waals surface area (Å²) in [6, 6.07) is 7.48. The zero-order chi connectivity index (χ0) is 13.3. The smallest absolute Gasteiger partial charge is 0.271 e. The number of carbonyl (C=O) groups excluding carboxylic acids is 1. The van der Waals surface area contributed by atoms with Gasteiger partial charge in [-0.1, -0.05) is 12.1 Å². The highest BCUT2D eigenvalue weighted by Gasteiger charge is 2.32. The average Bonchev–Trinajstić information content (AvgIpc) is 2.42. The number of nitrogens with zero attached hydrogens (tertiary/aromatic N) is 2. The molecule has 3 N–H and O–H groups in total. The summed E-state index contributed by atoms with van der Waals surface area (Å²) in [5, 5.41) is 2.84. The lowest BCUT2D eigenvalue weighted by Crippen LogP contribution is -2.55. The monoisotopic (exact) mass is 256 g/mol. The van der Waals surface area contributed by atoms with E-state index in [9.17, 15) is 4.79 Å². The molecule has 1 fully saturated rings. The Kier molecular flexibility index (Phi) is 2.91. The SMILES string of the molecule is NC1(CNC(=O)c2cnc3ccccc3n2)CCC1. The summed E-state index contributed by atoms with van der Waals surface area (Å²) in [5.41, 5.74) is 7.69. The molecule has 0 atom stereocenters. The maximum absolute atomic E-state index is 12.0. The molecule has 5 heteroatoms. The normalized spacial score (nSPS) is 16.9. The number of nitrogens with two attached hydrogens (primary N) is 1. The van der Waals surface area contributed by atoms with E-state index in [1.54, 1.807) is 0 Å².